The molecule has 0 atom stereocenters. The van der Waals surface area contributed by atoms with Crippen molar-refractivity contribution in [3.63, 3.8) is 0 Å². The number of hydrogen-bond acceptors (Lipinski definition) is 3. The van der Waals surface area contributed by atoms with Gasteiger partial charge in [0.1, 0.15) is 0 Å². The number of benzene rings is 1. The summed E-state index contributed by atoms with van der Waals surface area (Å²) in [5.41, 5.74) is 2.95. The Balaban J connectivity index is 1.85. The molecule has 0 amide bonds. The smallest absolute Gasteiger partial charge is 0.183 e. The maximum atomic E-state index is 4.65. The largest absolute Gasteiger partial charge is 0.361 e. The van der Waals surface area contributed by atoms with E-state index in [-0.39, 0.29) is 0 Å². The van der Waals surface area contributed by atoms with Gasteiger partial charge in [-0.05, 0) is 36.8 Å². The van der Waals surface area contributed by atoms with Crippen LogP contribution in [0.2, 0.25) is 0 Å². The summed E-state index contributed by atoms with van der Waals surface area (Å²) in [6, 6.07) is 6.36. The van der Waals surface area contributed by atoms with Gasteiger partial charge in [-0.2, -0.15) is 0 Å². The molecule has 3 rings (SSSR count). The minimum Gasteiger partial charge on any atom is -0.361 e. The van der Waals surface area contributed by atoms with Crippen molar-refractivity contribution in [1.82, 2.24) is 4.98 Å². The van der Waals surface area contributed by atoms with Gasteiger partial charge in [0.25, 0.3) is 0 Å². The average molecular weight is 232 g/mol. The van der Waals surface area contributed by atoms with Gasteiger partial charge in [-0.25, -0.2) is 4.98 Å². The molecule has 1 fully saturated rings. The number of para-hydroxylation sites is 1. The van der Waals surface area contributed by atoms with Crippen molar-refractivity contribution in [2.75, 3.05) is 11.9 Å². The van der Waals surface area contributed by atoms with E-state index in [4.69, 9.17) is 0 Å². The fourth-order valence-corrected chi connectivity index (χ4v) is 2.78. The van der Waals surface area contributed by atoms with Crippen LogP contribution in [0, 0.1) is 12.3 Å². The van der Waals surface area contributed by atoms with E-state index in [0.717, 1.165) is 17.2 Å². The van der Waals surface area contributed by atoms with Crippen molar-refractivity contribution in [3.05, 3.63) is 23.8 Å². The van der Waals surface area contributed by atoms with Gasteiger partial charge in [0.05, 0.1) is 10.2 Å². The number of aryl methyl sites for hydroxylation is 1. The summed E-state index contributed by atoms with van der Waals surface area (Å²) in [6.07, 6.45) is 2.70. The molecule has 1 aliphatic rings. The highest BCUT2D eigenvalue weighted by Gasteiger charge is 2.36. The Morgan fingerprint density at radius 1 is 1.44 bits per heavy atom. The summed E-state index contributed by atoms with van der Waals surface area (Å²) in [7, 11) is 0. The van der Waals surface area contributed by atoms with Crippen molar-refractivity contribution >= 4 is 26.7 Å². The Labute approximate surface area is 99.7 Å². The molecule has 1 aliphatic carbocycles. The maximum Gasteiger partial charge on any atom is 0.183 e. The summed E-state index contributed by atoms with van der Waals surface area (Å²) < 4.78 is 1.28. The normalized spacial score (nSPS) is 17.6. The third-order valence-corrected chi connectivity index (χ3v) is 4.37. The predicted octanol–water partition coefficient (Wildman–Crippen LogP) is 3.82. The molecule has 2 aromatic rings. The lowest BCUT2D eigenvalue weighted by Crippen LogP contribution is -2.11. The molecule has 1 aromatic heterocycles. The van der Waals surface area contributed by atoms with E-state index in [9.17, 15) is 0 Å². The second-order valence-electron chi connectivity index (χ2n) is 5.10. The lowest BCUT2D eigenvalue weighted by molar-refractivity contribution is 0.610. The quantitative estimate of drug-likeness (QED) is 0.870. The number of rotatable bonds is 3. The van der Waals surface area contributed by atoms with Crippen molar-refractivity contribution < 1.29 is 0 Å². The van der Waals surface area contributed by atoms with Gasteiger partial charge in [-0.15, -0.1) is 0 Å². The van der Waals surface area contributed by atoms with Crippen LogP contribution in [0.5, 0.6) is 0 Å². The SMILES string of the molecule is Cc1cccc2sc(NCC3(C)CC3)nc12. The minimum atomic E-state index is 0.535. The van der Waals surface area contributed by atoms with Crippen LogP contribution in [-0.4, -0.2) is 11.5 Å². The van der Waals surface area contributed by atoms with E-state index in [1.54, 1.807) is 11.3 Å². The predicted molar refractivity (Wildman–Crippen MR) is 70.2 cm³/mol. The Hall–Kier alpha value is -1.09. The fourth-order valence-electron chi connectivity index (χ4n) is 1.84. The van der Waals surface area contributed by atoms with Crippen LogP contribution in [0.15, 0.2) is 18.2 Å². The standard InChI is InChI=1S/C13H16N2S/c1-9-4-3-5-10-11(9)15-12(16-10)14-8-13(2)6-7-13/h3-5H,6-8H2,1-2H3,(H,14,15). The van der Waals surface area contributed by atoms with Crippen LogP contribution < -0.4 is 5.32 Å². The van der Waals surface area contributed by atoms with E-state index < -0.39 is 0 Å². The van der Waals surface area contributed by atoms with E-state index in [1.165, 1.54) is 23.1 Å². The average Bonchev–Trinajstić information content (AvgIpc) is 2.84. The molecule has 2 nitrogen and oxygen atoms in total. The zero-order valence-corrected chi connectivity index (χ0v) is 10.5. The molecular weight excluding hydrogens is 216 g/mol. The van der Waals surface area contributed by atoms with Crippen LogP contribution in [0.4, 0.5) is 5.13 Å². The number of aromatic nitrogens is 1. The summed E-state index contributed by atoms with van der Waals surface area (Å²) in [5, 5.41) is 4.54. The first kappa shape index (κ1) is 10.1. The molecule has 3 heteroatoms. The number of nitrogens with zero attached hydrogens (tertiary/aromatic N) is 1. The molecule has 0 spiro atoms. The Morgan fingerprint density at radius 3 is 2.94 bits per heavy atom. The van der Waals surface area contributed by atoms with Crippen molar-refractivity contribution in [1.29, 1.82) is 0 Å². The van der Waals surface area contributed by atoms with Gasteiger partial charge >= 0.3 is 0 Å². The fraction of sp³-hybridized carbons (Fsp3) is 0.462. The highest BCUT2D eigenvalue weighted by Crippen LogP contribution is 2.45. The first-order chi connectivity index (χ1) is 7.66. The molecule has 0 aliphatic heterocycles. The Kier molecular flexibility index (Phi) is 2.18. The number of nitrogens with one attached hydrogen (secondary N) is 1. The van der Waals surface area contributed by atoms with Crippen LogP contribution in [0.1, 0.15) is 25.3 Å². The molecule has 16 heavy (non-hydrogen) atoms. The molecule has 0 radical (unpaired) electrons. The molecule has 84 valence electrons. The number of anilines is 1. The topological polar surface area (TPSA) is 24.9 Å². The van der Waals surface area contributed by atoms with Gasteiger partial charge in [-0.3, -0.25) is 0 Å². The van der Waals surface area contributed by atoms with Crippen molar-refractivity contribution in [3.8, 4) is 0 Å². The van der Waals surface area contributed by atoms with Gasteiger partial charge in [-0.1, -0.05) is 30.4 Å². The molecule has 0 saturated heterocycles. The third kappa shape index (κ3) is 1.80. The van der Waals surface area contributed by atoms with Crippen LogP contribution in [0.25, 0.3) is 10.2 Å². The Bertz CT molecular complexity index is 526. The first-order valence-electron chi connectivity index (χ1n) is 5.76. The summed E-state index contributed by atoms with van der Waals surface area (Å²) >= 11 is 1.76. The molecule has 0 unspecified atom stereocenters. The van der Waals surface area contributed by atoms with Gasteiger partial charge < -0.3 is 5.32 Å². The van der Waals surface area contributed by atoms with E-state index in [0.29, 0.717) is 5.41 Å². The van der Waals surface area contributed by atoms with E-state index in [1.807, 2.05) is 0 Å². The highest BCUT2D eigenvalue weighted by molar-refractivity contribution is 7.22. The zero-order chi connectivity index (χ0) is 11.2. The highest BCUT2D eigenvalue weighted by atomic mass is 32.1. The number of hydrogen-bond donors (Lipinski definition) is 1. The van der Waals surface area contributed by atoms with Crippen LogP contribution in [-0.2, 0) is 0 Å². The van der Waals surface area contributed by atoms with Crippen LogP contribution in [0.3, 0.4) is 0 Å². The second kappa shape index (κ2) is 3.45. The lowest BCUT2D eigenvalue weighted by Gasteiger charge is -2.07. The first-order valence-corrected chi connectivity index (χ1v) is 6.58. The maximum absolute atomic E-state index is 4.65. The molecule has 0 bridgehead atoms. The van der Waals surface area contributed by atoms with E-state index in [2.05, 4.69) is 42.3 Å². The minimum absolute atomic E-state index is 0.535. The second-order valence-corrected chi connectivity index (χ2v) is 6.14. The molecule has 1 saturated carbocycles. The van der Waals surface area contributed by atoms with Crippen molar-refractivity contribution in [2.24, 2.45) is 5.41 Å². The number of fused-ring (bicyclic) bond motifs is 1. The van der Waals surface area contributed by atoms with Gasteiger partial charge in [0, 0.05) is 6.54 Å². The Morgan fingerprint density at radius 2 is 2.25 bits per heavy atom. The molecule has 1 aromatic carbocycles. The summed E-state index contributed by atoms with van der Waals surface area (Å²) in [6.45, 7) is 5.51. The zero-order valence-electron chi connectivity index (χ0n) is 9.71. The summed E-state index contributed by atoms with van der Waals surface area (Å²) in [5.74, 6) is 0. The molecule has 1 heterocycles. The lowest BCUT2D eigenvalue weighted by atomic mass is 10.1. The van der Waals surface area contributed by atoms with Gasteiger partial charge in [0.15, 0.2) is 5.13 Å². The van der Waals surface area contributed by atoms with Crippen molar-refractivity contribution in [2.45, 2.75) is 26.7 Å². The molecule has 1 N–H and O–H groups in total. The van der Waals surface area contributed by atoms with Crippen LogP contribution >= 0.6 is 11.3 Å². The van der Waals surface area contributed by atoms with Gasteiger partial charge in [0.2, 0.25) is 0 Å². The van der Waals surface area contributed by atoms with E-state index >= 15 is 0 Å². The molecular formula is C13H16N2S. The monoisotopic (exact) mass is 232 g/mol. The third-order valence-electron chi connectivity index (χ3n) is 3.39. The summed E-state index contributed by atoms with van der Waals surface area (Å²) in [4.78, 5) is 4.65. The number of thiazole rings is 1.